The minimum absolute atomic E-state index is 0.0256. The molecule has 4 rings (SSSR count). The zero-order valence-electron chi connectivity index (χ0n) is 17.4. The van der Waals surface area contributed by atoms with Crippen LogP contribution in [0.2, 0.25) is 0 Å². The molecule has 31 heavy (non-hydrogen) atoms. The lowest BCUT2D eigenvalue weighted by atomic mass is 10.1. The fraction of sp³-hybridized carbons (Fsp3) is 0.400. The highest BCUT2D eigenvalue weighted by Crippen LogP contribution is 2.22. The van der Waals surface area contributed by atoms with Gasteiger partial charge in [0.25, 0.3) is 5.16 Å². The first-order chi connectivity index (χ1) is 14.7. The van der Waals surface area contributed by atoms with E-state index in [9.17, 15) is 18.0 Å². The van der Waals surface area contributed by atoms with Gasteiger partial charge in [0.05, 0.1) is 12.3 Å². The number of aromatic nitrogens is 4. The molecular weight excluding hydrogens is 420 g/mol. The first-order valence-corrected chi connectivity index (χ1v) is 11.7. The molecule has 11 heteroatoms. The molecule has 0 unspecified atom stereocenters. The molecule has 0 aliphatic carbocycles. The van der Waals surface area contributed by atoms with Gasteiger partial charge in [0.15, 0.2) is 11.5 Å². The van der Waals surface area contributed by atoms with Crippen LogP contribution in [0.3, 0.4) is 0 Å². The van der Waals surface area contributed by atoms with Crippen LogP contribution in [0.1, 0.15) is 30.9 Å². The van der Waals surface area contributed by atoms with Gasteiger partial charge >= 0.3 is 11.7 Å². The number of aryl methyl sites for hydroxylation is 1. The Labute approximate surface area is 179 Å². The zero-order valence-corrected chi connectivity index (χ0v) is 18.2. The third-order valence-corrected chi connectivity index (χ3v) is 6.96. The standard InChI is InChI=1S/C20H24N6O4S/c1-3-31(29,30)18-22-16(21)15-17(23-18)25(12-14-8-6-13(2)7-9-14)20(28)26(15)19(27)24-10-4-5-11-24/h6-9H,3-5,10-12H2,1-2H3,(H2,21,22,23). The molecule has 1 aliphatic heterocycles. The molecule has 0 atom stereocenters. The Kier molecular flexibility index (Phi) is 5.29. The van der Waals surface area contributed by atoms with E-state index < -0.39 is 26.7 Å². The van der Waals surface area contributed by atoms with Gasteiger partial charge in [-0.1, -0.05) is 36.8 Å². The Bertz CT molecular complexity index is 1320. The van der Waals surface area contributed by atoms with Crippen molar-refractivity contribution in [3.63, 3.8) is 0 Å². The van der Waals surface area contributed by atoms with Crippen molar-refractivity contribution in [1.82, 2.24) is 24.0 Å². The van der Waals surface area contributed by atoms with E-state index in [1.165, 1.54) is 11.5 Å². The van der Waals surface area contributed by atoms with Crippen molar-refractivity contribution >= 4 is 32.9 Å². The number of carbonyl (C=O) groups excluding carboxylic acids is 1. The molecule has 3 aromatic rings. The molecule has 1 amide bonds. The number of anilines is 1. The predicted molar refractivity (Wildman–Crippen MR) is 116 cm³/mol. The van der Waals surface area contributed by atoms with Gasteiger partial charge in [-0.25, -0.2) is 22.6 Å². The summed E-state index contributed by atoms with van der Waals surface area (Å²) in [5.41, 5.74) is 7.38. The van der Waals surface area contributed by atoms with Crippen molar-refractivity contribution in [3.05, 3.63) is 45.9 Å². The van der Waals surface area contributed by atoms with Crippen molar-refractivity contribution in [2.24, 2.45) is 0 Å². The Hall–Kier alpha value is -3.21. The molecule has 0 saturated carbocycles. The fourth-order valence-corrected chi connectivity index (χ4v) is 4.38. The highest BCUT2D eigenvalue weighted by Gasteiger charge is 2.29. The molecule has 1 aromatic carbocycles. The molecule has 2 N–H and O–H groups in total. The molecule has 164 valence electrons. The van der Waals surface area contributed by atoms with Crippen molar-refractivity contribution in [2.75, 3.05) is 24.6 Å². The summed E-state index contributed by atoms with van der Waals surface area (Å²) in [5.74, 6) is -0.433. The molecular formula is C20H24N6O4S. The van der Waals surface area contributed by atoms with Crippen LogP contribution < -0.4 is 11.4 Å². The number of likely N-dealkylation sites (tertiary alicyclic amines) is 1. The quantitative estimate of drug-likeness (QED) is 0.601. The summed E-state index contributed by atoms with van der Waals surface area (Å²) in [6, 6.07) is 7.04. The van der Waals surface area contributed by atoms with E-state index in [1.54, 1.807) is 4.90 Å². The third kappa shape index (κ3) is 3.69. The maximum Gasteiger partial charge on any atom is 0.339 e. The summed E-state index contributed by atoms with van der Waals surface area (Å²) in [6.07, 6.45) is 1.71. The smallest absolute Gasteiger partial charge is 0.339 e. The van der Waals surface area contributed by atoms with Crippen LogP contribution in [-0.4, -0.2) is 57.3 Å². The Morgan fingerprint density at radius 1 is 1.13 bits per heavy atom. The number of benzene rings is 1. The number of hydrogen-bond donors (Lipinski definition) is 1. The summed E-state index contributed by atoms with van der Waals surface area (Å²) in [5, 5.41) is -0.455. The second-order valence-corrected chi connectivity index (χ2v) is 9.81. The van der Waals surface area contributed by atoms with Crippen molar-refractivity contribution < 1.29 is 13.2 Å². The van der Waals surface area contributed by atoms with Crippen LogP contribution in [-0.2, 0) is 16.4 Å². The molecule has 3 heterocycles. The highest BCUT2D eigenvalue weighted by atomic mass is 32.2. The second kappa shape index (κ2) is 7.80. The van der Waals surface area contributed by atoms with Crippen LogP contribution in [0, 0.1) is 6.92 Å². The maximum atomic E-state index is 13.3. The lowest BCUT2D eigenvalue weighted by molar-refractivity contribution is 0.210. The SMILES string of the molecule is CCS(=O)(=O)c1nc(N)c2c(n1)n(Cc1ccc(C)cc1)c(=O)n2C(=O)N1CCCC1. The maximum absolute atomic E-state index is 13.3. The average Bonchev–Trinajstić information content (AvgIpc) is 3.37. The van der Waals surface area contributed by atoms with Gasteiger partial charge in [0, 0.05) is 13.1 Å². The number of imidazole rings is 1. The molecule has 1 fully saturated rings. The van der Waals surface area contributed by atoms with E-state index in [0.717, 1.165) is 28.5 Å². The summed E-state index contributed by atoms with van der Waals surface area (Å²) in [4.78, 5) is 36.1. The average molecular weight is 445 g/mol. The fourth-order valence-electron chi connectivity index (χ4n) is 3.66. The van der Waals surface area contributed by atoms with Gasteiger partial charge in [0.1, 0.15) is 5.52 Å². The number of nitrogens with two attached hydrogens (primary N) is 1. The van der Waals surface area contributed by atoms with Gasteiger partial charge in [-0.05, 0) is 25.3 Å². The Morgan fingerprint density at radius 3 is 2.39 bits per heavy atom. The number of rotatable bonds is 4. The third-order valence-electron chi connectivity index (χ3n) is 5.46. The molecule has 1 aliphatic rings. The highest BCUT2D eigenvalue weighted by molar-refractivity contribution is 7.91. The summed E-state index contributed by atoms with van der Waals surface area (Å²) in [6.45, 7) is 4.61. The van der Waals surface area contributed by atoms with E-state index in [0.29, 0.717) is 13.1 Å². The molecule has 0 bridgehead atoms. The van der Waals surface area contributed by atoms with Crippen LogP contribution in [0.25, 0.3) is 11.2 Å². The number of sulfone groups is 1. The van der Waals surface area contributed by atoms with E-state index in [2.05, 4.69) is 9.97 Å². The second-order valence-electron chi connectivity index (χ2n) is 7.63. The van der Waals surface area contributed by atoms with Crippen molar-refractivity contribution in [2.45, 2.75) is 38.4 Å². The van der Waals surface area contributed by atoms with Crippen molar-refractivity contribution in [3.8, 4) is 0 Å². The van der Waals surface area contributed by atoms with Gasteiger partial charge in [-0.2, -0.15) is 9.97 Å². The summed E-state index contributed by atoms with van der Waals surface area (Å²) < 4.78 is 27.0. The number of amides is 1. The molecule has 2 aromatic heterocycles. The number of hydrogen-bond acceptors (Lipinski definition) is 7. The minimum Gasteiger partial charge on any atom is -0.382 e. The summed E-state index contributed by atoms with van der Waals surface area (Å²) >= 11 is 0. The van der Waals surface area contributed by atoms with Gasteiger partial charge in [-0.15, -0.1) is 0 Å². The molecule has 1 saturated heterocycles. The van der Waals surface area contributed by atoms with E-state index >= 15 is 0 Å². The van der Waals surface area contributed by atoms with E-state index in [-0.39, 0.29) is 29.3 Å². The lowest BCUT2D eigenvalue weighted by Gasteiger charge is -2.15. The molecule has 0 spiro atoms. The Balaban J connectivity index is 1.97. The molecule has 10 nitrogen and oxygen atoms in total. The zero-order chi connectivity index (χ0) is 22.3. The Morgan fingerprint density at radius 2 is 1.77 bits per heavy atom. The minimum atomic E-state index is -3.77. The number of carbonyl (C=O) groups is 1. The topological polar surface area (TPSA) is 133 Å². The van der Waals surface area contributed by atoms with Gasteiger partial charge in [0.2, 0.25) is 9.84 Å². The van der Waals surface area contributed by atoms with Crippen molar-refractivity contribution in [1.29, 1.82) is 0 Å². The van der Waals surface area contributed by atoms with Gasteiger partial charge in [-0.3, -0.25) is 4.57 Å². The van der Waals surface area contributed by atoms with Crippen LogP contribution >= 0.6 is 0 Å². The first kappa shape index (κ1) is 21.0. The van der Waals surface area contributed by atoms with Crippen LogP contribution in [0.5, 0.6) is 0 Å². The van der Waals surface area contributed by atoms with Crippen LogP contribution in [0.15, 0.2) is 34.2 Å². The van der Waals surface area contributed by atoms with E-state index in [4.69, 9.17) is 5.73 Å². The normalized spacial score (nSPS) is 14.5. The van der Waals surface area contributed by atoms with E-state index in [1.807, 2.05) is 31.2 Å². The predicted octanol–water partition coefficient (Wildman–Crippen LogP) is 1.39. The number of nitrogen functional groups attached to an aromatic ring is 1. The first-order valence-electron chi connectivity index (χ1n) is 10.1. The number of fused-ring (bicyclic) bond motifs is 1. The monoisotopic (exact) mass is 444 g/mol. The summed E-state index contributed by atoms with van der Waals surface area (Å²) in [7, 11) is -3.77. The van der Waals surface area contributed by atoms with Crippen LogP contribution in [0.4, 0.5) is 10.6 Å². The molecule has 0 radical (unpaired) electrons. The largest absolute Gasteiger partial charge is 0.382 e. The van der Waals surface area contributed by atoms with Gasteiger partial charge < -0.3 is 10.6 Å². The number of nitrogens with zero attached hydrogens (tertiary/aromatic N) is 5. The lowest BCUT2D eigenvalue weighted by Crippen LogP contribution is -2.39.